The number of imidazole rings is 1. The Morgan fingerprint density at radius 2 is 1.88 bits per heavy atom. The van der Waals surface area contributed by atoms with Gasteiger partial charge in [-0.1, -0.05) is 0 Å². The number of ether oxygens (including phenoxy) is 3. The molecule has 1 N–H and O–H groups in total. The third-order valence-corrected chi connectivity index (χ3v) is 5.07. The lowest BCUT2D eigenvalue weighted by Crippen LogP contribution is -2.08. The predicted octanol–water partition coefficient (Wildman–Crippen LogP) is 3.52. The number of rotatable bonds is 7. The summed E-state index contributed by atoms with van der Waals surface area (Å²) in [6, 6.07) is 10.7. The van der Waals surface area contributed by atoms with Gasteiger partial charge in [0.2, 0.25) is 5.95 Å². The van der Waals surface area contributed by atoms with E-state index < -0.39 is 5.97 Å². The van der Waals surface area contributed by atoms with Crippen molar-refractivity contribution in [1.29, 1.82) is 0 Å². The normalized spacial score (nSPS) is 10.7. The summed E-state index contributed by atoms with van der Waals surface area (Å²) in [6.45, 7) is 1.93. The Morgan fingerprint density at radius 3 is 2.55 bits per heavy atom. The van der Waals surface area contributed by atoms with Crippen LogP contribution in [-0.2, 0) is 11.8 Å². The number of hydrogen-bond acceptors (Lipinski definition) is 8. The van der Waals surface area contributed by atoms with E-state index in [4.69, 9.17) is 14.2 Å². The van der Waals surface area contributed by atoms with Crippen LogP contribution in [0.4, 0.5) is 11.6 Å². The van der Waals surface area contributed by atoms with Gasteiger partial charge in [0.25, 0.3) is 0 Å². The van der Waals surface area contributed by atoms with Crippen LogP contribution in [0.2, 0.25) is 0 Å². The average molecular weight is 448 g/mol. The number of carbonyl (C=O) groups is 1. The minimum Gasteiger partial charge on any atom is -0.497 e. The van der Waals surface area contributed by atoms with Crippen molar-refractivity contribution in [3.63, 3.8) is 0 Å². The van der Waals surface area contributed by atoms with Crippen molar-refractivity contribution in [2.45, 2.75) is 6.92 Å². The highest BCUT2D eigenvalue weighted by Gasteiger charge is 2.17. The maximum Gasteiger partial charge on any atom is 0.339 e. The van der Waals surface area contributed by atoms with E-state index in [1.165, 1.54) is 7.11 Å². The molecule has 0 unspecified atom stereocenters. The lowest BCUT2D eigenvalue weighted by molar-refractivity contribution is 0.0602. The van der Waals surface area contributed by atoms with E-state index in [1.807, 2.05) is 35.9 Å². The topological polar surface area (TPSA) is 105 Å². The molecular weight excluding hydrogens is 424 g/mol. The maximum absolute atomic E-state index is 12.2. The number of benzene rings is 2. The molecule has 4 rings (SSSR count). The fourth-order valence-corrected chi connectivity index (χ4v) is 3.36. The molecule has 0 radical (unpaired) electrons. The van der Waals surface area contributed by atoms with Crippen molar-refractivity contribution in [2.75, 3.05) is 26.6 Å². The summed E-state index contributed by atoms with van der Waals surface area (Å²) in [6.07, 6.45) is 3.66. The van der Waals surface area contributed by atoms with E-state index in [9.17, 15) is 4.79 Å². The third kappa shape index (κ3) is 4.36. The molecule has 10 heteroatoms. The highest BCUT2D eigenvalue weighted by Crippen LogP contribution is 2.30. The van der Waals surface area contributed by atoms with Crippen molar-refractivity contribution < 1.29 is 19.0 Å². The van der Waals surface area contributed by atoms with Gasteiger partial charge in [-0.25, -0.2) is 14.5 Å². The van der Waals surface area contributed by atoms with Gasteiger partial charge < -0.3 is 24.1 Å². The molecule has 0 amide bonds. The summed E-state index contributed by atoms with van der Waals surface area (Å²) >= 11 is 0. The van der Waals surface area contributed by atoms with Crippen LogP contribution >= 0.6 is 0 Å². The largest absolute Gasteiger partial charge is 0.497 e. The number of nitrogens with one attached hydrogen (secondary N) is 1. The second kappa shape index (κ2) is 9.03. The van der Waals surface area contributed by atoms with Gasteiger partial charge in [0.15, 0.2) is 5.82 Å². The van der Waals surface area contributed by atoms with Gasteiger partial charge in [0.1, 0.15) is 11.5 Å². The van der Waals surface area contributed by atoms with Gasteiger partial charge in [-0.15, -0.1) is 5.10 Å². The lowest BCUT2D eigenvalue weighted by Gasteiger charge is -2.11. The number of carbonyl (C=O) groups excluding carboxylic acids is 1. The lowest BCUT2D eigenvalue weighted by atomic mass is 10.1. The van der Waals surface area contributed by atoms with Crippen molar-refractivity contribution in [2.24, 2.45) is 7.05 Å². The molecule has 0 spiro atoms. The first-order chi connectivity index (χ1) is 15.9. The molecule has 0 fully saturated rings. The quantitative estimate of drug-likeness (QED) is 0.428. The SMILES string of the molecule is COC(=O)c1ccc(OC)cc1Nc1nc(-c2ccc(-n3cnc(C)c3)c(OC)c2)nn1C. The molecule has 33 heavy (non-hydrogen) atoms. The molecule has 0 saturated carbocycles. The molecule has 2 heterocycles. The molecule has 0 aliphatic carbocycles. The number of anilines is 2. The Hall–Kier alpha value is -4.34. The van der Waals surface area contributed by atoms with Crippen LogP contribution in [0.3, 0.4) is 0 Å². The smallest absolute Gasteiger partial charge is 0.339 e. The van der Waals surface area contributed by atoms with E-state index in [1.54, 1.807) is 50.5 Å². The molecule has 2 aromatic heterocycles. The van der Waals surface area contributed by atoms with Gasteiger partial charge >= 0.3 is 5.97 Å². The number of methoxy groups -OCH3 is 3. The Bertz CT molecular complexity index is 1310. The van der Waals surface area contributed by atoms with Crippen LogP contribution in [0.15, 0.2) is 48.9 Å². The van der Waals surface area contributed by atoms with Crippen LogP contribution in [-0.4, -0.2) is 51.6 Å². The Labute approximate surface area is 190 Å². The van der Waals surface area contributed by atoms with Crippen LogP contribution in [0.1, 0.15) is 16.1 Å². The number of nitrogens with zero attached hydrogens (tertiary/aromatic N) is 5. The second-order valence-electron chi connectivity index (χ2n) is 7.22. The first kappa shape index (κ1) is 21.9. The molecule has 10 nitrogen and oxygen atoms in total. The van der Waals surface area contributed by atoms with Crippen LogP contribution in [0.5, 0.6) is 11.5 Å². The second-order valence-corrected chi connectivity index (χ2v) is 7.22. The number of aromatic nitrogens is 5. The van der Waals surface area contributed by atoms with E-state index in [0.29, 0.717) is 34.5 Å². The molecule has 4 aromatic rings. The van der Waals surface area contributed by atoms with Crippen molar-refractivity contribution in [1.82, 2.24) is 24.3 Å². The van der Waals surface area contributed by atoms with E-state index in [0.717, 1.165) is 16.9 Å². The van der Waals surface area contributed by atoms with Crippen LogP contribution in [0, 0.1) is 6.92 Å². The summed E-state index contributed by atoms with van der Waals surface area (Å²) < 4.78 is 19.3. The molecule has 0 atom stereocenters. The standard InChI is InChI=1S/C23H24N6O4/c1-14-12-29(13-24-14)19-9-6-15(10-20(19)32-4)21-26-23(28(2)27-21)25-18-11-16(31-3)7-8-17(18)22(30)33-5/h6-13H,1-5H3,(H,25,26,27). The number of hydrogen-bond donors (Lipinski definition) is 1. The van der Waals surface area contributed by atoms with Gasteiger partial charge in [0, 0.05) is 24.9 Å². The number of aryl methyl sites for hydroxylation is 2. The van der Waals surface area contributed by atoms with Crippen LogP contribution in [0.25, 0.3) is 17.1 Å². The first-order valence-electron chi connectivity index (χ1n) is 10.1. The van der Waals surface area contributed by atoms with E-state index in [2.05, 4.69) is 20.4 Å². The summed E-state index contributed by atoms with van der Waals surface area (Å²) in [5.74, 6) is 1.71. The zero-order valence-electron chi connectivity index (χ0n) is 19.0. The Kier molecular flexibility index (Phi) is 5.99. The molecule has 0 saturated heterocycles. The summed E-state index contributed by atoms with van der Waals surface area (Å²) in [5.41, 5.74) is 3.38. The van der Waals surface area contributed by atoms with E-state index in [-0.39, 0.29) is 0 Å². The third-order valence-electron chi connectivity index (χ3n) is 5.07. The molecule has 2 aromatic carbocycles. The van der Waals surface area contributed by atoms with Gasteiger partial charge in [-0.05, 0) is 37.3 Å². The molecule has 0 bridgehead atoms. The fraction of sp³-hybridized carbons (Fsp3) is 0.217. The Morgan fingerprint density at radius 1 is 1.06 bits per heavy atom. The molecule has 0 aliphatic rings. The fourth-order valence-electron chi connectivity index (χ4n) is 3.36. The monoisotopic (exact) mass is 448 g/mol. The molecule has 0 aliphatic heterocycles. The van der Waals surface area contributed by atoms with E-state index >= 15 is 0 Å². The molecule has 170 valence electrons. The highest BCUT2D eigenvalue weighted by atomic mass is 16.5. The number of esters is 1. The van der Waals surface area contributed by atoms with Crippen molar-refractivity contribution in [3.05, 3.63) is 60.2 Å². The van der Waals surface area contributed by atoms with Crippen molar-refractivity contribution >= 4 is 17.6 Å². The van der Waals surface area contributed by atoms with Crippen LogP contribution < -0.4 is 14.8 Å². The minimum absolute atomic E-state index is 0.351. The summed E-state index contributed by atoms with van der Waals surface area (Å²) in [7, 11) is 6.26. The summed E-state index contributed by atoms with van der Waals surface area (Å²) in [4.78, 5) is 21.1. The Balaban J connectivity index is 1.68. The minimum atomic E-state index is -0.474. The molecular formula is C23H24N6O4. The maximum atomic E-state index is 12.2. The highest BCUT2D eigenvalue weighted by molar-refractivity contribution is 5.96. The average Bonchev–Trinajstić information content (AvgIpc) is 3.43. The van der Waals surface area contributed by atoms with Gasteiger partial charge in [-0.3, -0.25) is 0 Å². The first-order valence-corrected chi connectivity index (χ1v) is 10.1. The van der Waals surface area contributed by atoms with Gasteiger partial charge in [-0.2, -0.15) is 4.98 Å². The zero-order chi connectivity index (χ0) is 23.5. The predicted molar refractivity (Wildman–Crippen MR) is 122 cm³/mol. The summed E-state index contributed by atoms with van der Waals surface area (Å²) in [5, 5.41) is 7.67. The zero-order valence-corrected chi connectivity index (χ0v) is 19.0. The van der Waals surface area contributed by atoms with Crippen molar-refractivity contribution in [3.8, 4) is 28.6 Å². The van der Waals surface area contributed by atoms with Gasteiger partial charge in [0.05, 0.1) is 50.3 Å².